The molecule has 0 saturated carbocycles. The van der Waals surface area contributed by atoms with Crippen LogP contribution in [0.15, 0.2) is 48.5 Å². The van der Waals surface area contributed by atoms with E-state index >= 15 is 0 Å². The Kier molecular flexibility index (Phi) is 6.23. The molecule has 0 aliphatic carbocycles. The molecule has 1 aliphatic heterocycles. The summed E-state index contributed by atoms with van der Waals surface area (Å²) < 4.78 is 18.4. The molecule has 0 bridgehead atoms. The molecule has 0 atom stereocenters. The van der Waals surface area contributed by atoms with E-state index in [9.17, 15) is 9.18 Å². The molecule has 26 heavy (non-hydrogen) atoms. The summed E-state index contributed by atoms with van der Waals surface area (Å²) in [5, 5.41) is 3.30. The number of hydrogen-bond acceptors (Lipinski definition) is 3. The van der Waals surface area contributed by atoms with Gasteiger partial charge in [0.1, 0.15) is 11.6 Å². The lowest BCUT2D eigenvalue weighted by Crippen LogP contribution is -2.40. The molecule has 1 amide bonds. The van der Waals surface area contributed by atoms with E-state index < -0.39 is 0 Å². The number of hydrogen-bond donors (Lipinski definition) is 1. The monoisotopic (exact) mass is 356 g/mol. The van der Waals surface area contributed by atoms with Crippen molar-refractivity contribution < 1.29 is 13.9 Å². The van der Waals surface area contributed by atoms with E-state index in [1.54, 1.807) is 19.2 Å². The summed E-state index contributed by atoms with van der Waals surface area (Å²) in [5.74, 6) is 0.755. The van der Waals surface area contributed by atoms with Gasteiger partial charge in [-0.25, -0.2) is 4.39 Å². The Bertz CT molecular complexity index is 710. The number of halogens is 1. The zero-order valence-corrected chi connectivity index (χ0v) is 15.1. The van der Waals surface area contributed by atoms with Gasteiger partial charge in [0.25, 0.3) is 0 Å². The molecule has 1 aliphatic rings. The fraction of sp³-hybridized carbons (Fsp3) is 0.381. The normalized spacial score (nSPS) is 14.8. The number of nitrogens with one attached hydrogen (secondary N) is 1. The highest BCUT2D eigenvalue weighted by Crippen LogP contribution is 2.20. The van der Waals surface area contributed by atoms with Gasteiger partial charge in [-0.05, 0) is 61.3 Å². The first-order valence-corrected chi connectivity index (χ1v) is 9.02. The highest BCUT2D eigenvalue weighted by Gasteiger charge is 2.26. The van der Waals surface area contributed by atoms with Gasteiger partial charge in [0.15, 0.2) is 0 Å². The van der Waals surface area contributed by atoms with Crippen LogP contribution in [0.2, 0.25) is 0 Å². The Morgan fingerprint density at radius 1 is 1.04 bits per heavy atom. The first-order valence-electron chi connectivity index (χ1n) is 9.02. The molecule has 1 fully saturated rings. The van der Waals surface area contributed by atoms with E-state index in [1.807, 2.05) is 29.2 Å². The lowest BCUT2D eigenvalue weighted by atomic mass is 9.96. The molecule has 1 saturated heterocycles. The van der Waals surface area contributed by atoms with Gasteiger partial charge >= 0.3 is 0 Å². The molecule has 2 aromatic rings. The first-order chi connectivity index (χ1) is 12.7. The zero-order chi connectivity index (χ0) is 18.4. The van der Waals surface area contributed by atoms with Gasteiger partial charge in [-0.1, -0.05) is 24.3 Å². The van der Waals surface area contributed by atoms with Crippen LogP contribution in [-0.2, 0) is 17.9 Å². The number of rotatable bonds is 6. The molecule has 2 aromatic carbocycles. The van der Waals surface area contributed by atoms with Crippen LogP contribution in [0.25, 0.3) is 0 Å². The first kappa shape index (κ1) is 18.4. The van der Waals surface area contributed by atoms with Crippen molar-refractivity contribution in [2.24, 2.45) is 5.92 Å². The van der Waals surface area contributed by atoms with Crippen LogP contribution in [0.3, 0.4) is 0 Å². The Morgan fingerprint density at radius 2 is 1.58 bits per heavy atom. The largest absolute Gasteiger partial charge is 0.497 e. The average Bonchev–Trinajstić information content (AvgIpc) is 2.70. The molecule has 3 rings (SSSR count). The smallest absolute Gasteiger partial charge is 0.226 e. The molecule has 0 radical (unpaired) electrons. The van der Waals surface area contributed by atoms with Crippen LogP contribution >= 0.6 is 0 Å². The van der Waals surface area contributed by atoms with E-state index in [0.717, 1.165) is 42.8 Å². The summed E-state index contributed by atoms with van der Waals surface area (Å²) in [4.78, 5) is 15.0. The molecule has 4 nitrogen and oxygen atoms in total. The van der Waals surface area contributed by atoms with E-state index in [2.05, 4.69) is 5.32 Å². The number of ether oxygens (including phenoxy) is 1. The van der Waals surface area contributed by atoms with Crippen molar-refractivity contribution in [1.29, 1.82) is 0 Å². The highest BCUT2D eigenvalue weighted by molar-refractivity contribution is 5.79. The maximum atomic E-state index is 13.2. The van der Waals surface area contributed by atoms with E-state index in [4.69, 9.17) is 4.74 Å². The van der Waals surface area contributed by atoms with Crippen molar-refractivity contribution in [2.75, 3.05) is 20.2 Å². The van der Waals surface area contributed by atoms with Gasteiger partial charge in [0, 0.05) is 19.0 Å². The minimum atomic E-state index is -0.264. The van der Waals surface area contributed by atoms with Crippen LogP contribution in [0.5, 0.6) is 5.75 Å². The van der Waals surface area contributed by atoms with E-state index in [0.29, 0.717) is 13.1 Å². The van der Waals surface area contributed by atoms with Crippen LogP contribution in [0.4, 0.5) is 4.39 Å². The summed E-state index contributed by atoms with van der Waals surface area (Å²) >= 11 is 0. The zero-order valence-electron chi connectivity index (χ0n) is 15.1. The lowest BCUT2D eigenvalue weighted by molar-refractivity contribution is -0.137. The van der Waals surface area contributed by atoms with Gasteiger partial charge in [-0.2, -0.15) is 0 Å². The number of carbonyl (C=O) groups is 1. The van der Waals surface area contributed by atoms with Gasteiger partial charge in [0.05, 0.1) is 7.11 Å². The van der Waals surface area contributed by atoms with Crippen LogP contribution in [0.1, 0.15) is 24.0 Å². The Labute approximate surface area is 154 Å². The van der Waals surface area contributed by atoms with Crippen molar-refractivity contribution in [3.63, 3.8) is 0 Å². The SMILES string of the molecule is COc1ccc(CN(Cc2ccc(F)cc2)C(=O)C2CCNCC2)cc1. The van der Waals surface area contributed by atoms with Crippen molar-refractivity contribution in [3.8, 4) is 5.75 Å². The second-order valence-corrected chi connectivity index (χ2v) is 6.69. The number of carbonyl (C=O) groups excluding carboxylic acids is 1. The van der Waals surface area contributed by atoms with Gasteiger partial charge in [0.2, 0.25) is 5.91 Å². The van der Waals surface area contributed by atoms with E-state index in [-0.39, 0.29) is 17.6 Å². The number of methoxy groups -OCH3 is 1. The van der Waals surface area contributed by atoms with Crippen molar-refractivity contribution in [2.45, 2.75) is 25.9 Å². The predicted octanol–water partition coefficient (Wildman–Crippen LogP) is 3.36. The molecule has 0 aromatic heterocycles. The lowest BCUT2D eigenvalue weighted by Gasteiger charge is -2.30. The fourth-order valence-electron chi connectivity index (χ4n) is 3.30. The summed E-state index contributed by atoms with van der Waals surface area (Å²) in [6.07, 6.45) is 1.72. The summed E-state index contributed by atoms with van der Waals surface area (Å²) in [6, 6.07) is 14.1. The quantitative estimate of drug-likeness (QED) is 0.863. The molecule has 0 spiro atoms. The van der Waals surface area contributed by atoms with Crippen molar-refractivity contribution >= 4 is 5.91 Å². The van der Waals surface area contributed by atoms with Gasteiger partial charge < -0.3 is 15.0 Å². The van der Waals surface area contributed by atoms with Crippen LogP contribution in [-0.4, -0.2) is 31.0 Å². The second kappa shape index (κ2) is 8.81. The maximum absolute atomic E-state index is 13.2. The number of amides is 1. The Hall–Kier alpha value is -2.40. The third kappa shape index (κ3) is 4.82. The number of benzene rings is 2. The van der Waals surface area contributed by atoms with E-state index in [1.165, 1.54) is 12.1 Å². The third-order valence-electron chi connectivity index (χ3n) is 4.82. The van der Waals surface area contributed by atoms with Crippen molar-refractivity contribution in [1.82, 2.24) is 10.2 Å². The average molecular weight is 356 g/mol. The van der Waals surface area contributed by atoms with Gasteiger partial charge in [-0.3, -0.25) is 4.79 Å². The Morgan fingerprint density at radius 3 is 2.12 bits per heavy atom. The van der Waals surface area contributed by atoms with Crippen molar-refractivity contribution in [3.05, 3.63) is 65.5 Å². The third-order valence-corrected chi connectivity index (χ3v) is 4.82. The summed E-state index contributed by atoms with van der Waals surface area (Å²) in [6.45, 7) is 2.77. The Balaban J connectivity index is 1.76. The number of piperidine rings is 1. The minimum Gasteiger partial charge on any atom is -0.497 e. The predicted molar refractivity (Wildman–Crippen MR) is 99.2 cm³/mol. The van der Waals surface area contributed by atoms with Gasteiger partial charge in [-0.15, -0.1) is 0 Å². The fourth-order valence-corrected chi connectivity index (χ4v) is 3.30. The minimum absolute atomic E-state index is 0.0509. The van der Waals surface area contributed by atoms with Crippen LogP contribution in [0, 0.1) is 11.7 Å². The molecule has 138 valence electrons. The maximum Gasteiger partial charge on any atom is 0.226 e. The molecule has 0 unspecified atom stereocenters. The van der Waals surface area contributed by atoms with Crippen LogP contribution < -0.4 is 10.1 Å². The standard InChI is InChI=1S/C21H25FN2O2/c1-26-20-8-4-17(5-9-20)15-24(14-16-2-6-19(22)7-3-16)21(25)18-10-12-23-13-11-18/h2-9,18,23H,10-15H2,1H3. The molecular weight excluding hydrogens is 331 g/mol. The summed E-state index contributed by atoms with van der Waals surface area (Å²) in [5.41, 5.74) is 1.98. The topological polar surface area (TPSA) is 41.6 Å². The second-order valence-electron chi connectivity index (χ2n) is 6.69. The highest BCUT2D eigenvalue weighted by atomic mass is 19.1. The molecular formula is C21H25FN2O2. The summed E-state index contributed by atoms with van der Waals surface area (Å²) in [7, 11) is 1.64. The molecule has 1 heterocycles. The molecule has 1 N–H and O–H groups in total. The number of nitrogens with zero attached hydrogens (tertiary/aromatic N) is 1. The molecule has 5 heteroatoms.